The summed E-state index contributed by atoms with van der Waals surface area (Å²) in [4.78, 5) is 22.5. The van der Waals surface area contributed by atoms with E-state index in [9.17, 15) is 4.79 Å². The van der Waals surface area contributed by atoms with Crippen molar-refractivity contribution in [2.75, 3.05) is 5.75 Å². The van der Waals surface area contributed by atoms with E-state index in [4.69, 9.17) is 5.11 Å². The predicted molar refractivity (Wildman–Crippen MR) is 84.4 cm³/mol. The van der Waals surface area contributed by atoms with Crippen LogP contribution in [0, 0.1) is 0 Å². The van der Waals surface area contributed by atoms with E-state index in [0.29, 0.717) is 10.8 Å². The lowest BCUT2D eigenvalue weighted by molar-refractivity contribution is -0.137. The molecule has 0 fully saturated rings. The van der Waals surface area contributed by atoms with Crippen molar-refractivity contribution in [2.45, 2.75) is 6.04 Å². The number of thioether (sulfide) groups is 1. The number of hydrogen-bond acceptors (Lipinski definition) is 4. The van der Waals surface area contributed by atoms with Crippen LogP contribution in [0.2, 0.25) is 0 Å². The molecular weight excluding hydrogens is 286 g/mol. The summed E-state index contributed by atoms with van der Waals surface area (Å²) < 4.78 is 0. The van der Waals surface area contributed by atoms with E-state index in [2.05, 4.69) is 15.0 Å². The van der Waals surface area contributed by atoms with Gasteiger partial charge in [0.05, 0.1) is 5.69 Å². The van der Waals surface area contributed by atoms with Crippen molar-refractivity contribution in [3.63, 3.8) is 0 Å². The Morgan fingerprint density at radius 1 is 1.38 bits per heavy atom. The van der Waals surface area contributed by atoms with E-state index >= 15 is 0 Å². The molecule has 0 spiro atoms. The van der Waals surface area contributed by atoms with Gasteiger partial charge in [-0.25, -0.2) is 4.79 Å². The van der Waals surface area contributed by atoms with E-state index in [1.54, 1.807) is 6.20 Å². The van der Waals surface area contributed by atoms with Crippen LogP contribution in [0.25, 0.3) is 12.2 Å². The Hall–Kier alpha value is -2.34. The molecule has 2 N–H and O–H groups in total. The van der Waals surface area contributed by atoms with Crippen LogP contribution in [0.1, 0.15) is 17.0 Å². The van der Waals surface area contributed by atoms with Crippen molar-refractivity contribution in [1.82, 2.24) is 9.97 Å². The number of aromatic amines is 1. The predicted octanol–water partition coefficient (Wildman–Crippen LogP) is 2.53. The number of carbonyl (C=O) groups is 1. The third kappa shape index (κ3) is 3.22. The molecule has 0 saturated carbocycles. The van der Waals surface area contributed by atoms with Crippen molar-refractivity contribution < 1.29 is 9.90 Å². The molecule has 0 aromatic carbocycles. The second-order valence-electron chi connectivity index (χ2n) is 4.53. The number of nitrogens with one attached hydrogen (secondary N) is 1. The van der Waals surface area contributed by atoms with Crippen LogP contribution >= 0.6 is 11.8 Å². The Morgan fingerprint density at radius 2 is 2.29 bits per heavy atom. The highest BCUT2D eigenvalue weighted by Crippen LogP contribution is 2.22. The lowest BCUT2D eigenvalue weighted by Crippen LogP contribution is -2.17. The third-order valence-corrected chi connectivity index (χ3v) is 4.09. The zero-order chi connectivity index (χ0) is 14.7. The SMILES string of the molecule is O=C(O)[C@H]1CSC(c2ccc(/C=C/c3ccc[nH]3)cn2)=N1. The van der Waals surface area contributed by atoms with Crippen LogP contribution in [0.15, 0.2) is 41.7 Å². The number of hydrogen-bond donors (Lipinski definition) is 2. The van der Waals surface area contributed by atoms with E-state index in [-0.39, 0.29) is 0 Å². The van der Waals surface area contributed by atoms with Gasteiger partial charge in [-0.2, -0.15) is 0 Å². The first-order chi connectivity index (χ1) is 10.2. The average Bonchev–Trinajstić information content (AvgIpc) is 3.17. The number of pyridine rings is 1. The van der Waals surface area contributed by atoms with E-state index < -0.39 is 12.0 Å². The number of aromatic nitrogens is 2. The molecule has 21 heavy (non-hydrogen) atoms. The summed E-state index contributed by atoms with van der Waals surface area (Å²) in [6, 6.07) is 7.08. The van der Waals surface area contributed by atoms with Gasteiger partial charge in [-0.05, 0) is 29.8 Å². The number of aliphatic imine (C=N–C) groups is 1. The Morgan fingerprint density at radius 3 is 2.90 bits per heavy atom. The van der Waals surface area contributed by atoms with Crippen LogP contribution in [-0.2, 0) is 4.79 Å². The first-order valence-electron chi connectivity index (χ1n) is 6.44. The molecule has 106 valence electrons. The quantitative estimate of drug-likeness (QED) is 0.909. The molecule has 2 aromatic heterocycles. The summed E-state index contributed by atoms with van der Waals surface area (Å²) in [6.45, 7) is 0. The highest BCUT2D eigenvalue weighted by molar-refractivity contribution is 8.14. The van der Waals surface area contributed by atoms with E-state index in [0.717, 1.165) is 17.0 Å². The van der Waals surface area contributed by atoms with Gasteiger partial charge < -0.3 is 10.1 Å². The summed E-state index contributed by atoms with van der Waals surface area (Å²) >= 11 is 1.43. The van der Waals surface area contributed by atoms with Crippen molar-refractivity contribution in [3.05, 3.63) is 53.6 Å². The maximum Gasteiger partial charge on any atom is 0.329 e. The lowest BCUT2D eigenvalue weighted by atomic mass is 10.2. The second-order valence-corrected chi connectivity index (χ2v) is 5.54. The summed E-state index contributed by atoms with van der Waals surface area (Å²) in [5.41, 5.74) is 2.73. The fourth-order valence-corrected chi connectivity index (χ4v) is 2.91. The Kier molecular flexibility index (Phi) is 3.87. The summed E-state index contributed by atoms with van der Waals surface area (Å²) in [7, 11) is 0. The van der Waals surface area contributed by atoms with Gasteiger partial charge in [0.1, 0.15) is 5.04 Å². The van der Waals surface area contributed by atoms with Gasteiger partial charge in [-0.3, -0.25) is 9.98 Å². The second kappa shape index (κ2) is 5.97. The summed E-state index contributed by atoms with van der Waals surface area (Å²) in [5, 5.41) is 9.63. The van der Waals surface area contributed by atoms with Crippen LogP contribution in [0.4, 0.5) is 0 Å². The minimum absolute atomic E-state index is 0.473. The molecule has 1 aliphatic heterocycles. The van der Waals surface area contributed by atoms with Gasteiger partial charge in [0.25, 0.3) is 0 Å². The van der Waals surface area contributed by atoms with Gasteiger partial charge >= 0.3 is 5.97 Å². The Labute approximate surface area is 125 Å². The zero-order valence-corrected chi connectivity index (χ0v) is 11.9. The molecule has 3 heterocycles. The first kappa shape index (κ1) is 13.6. The van der Waals surface area contributed by atoms with Crippen LogP contribution in [0.5, 0.6) is 0 Å². The number of aliphatic carboxylic acids is 1. The Balaban J connectivity index is 1.73. The summed E-state index contributed by atoms with van der Waals surface area (Å²) in [6.07, 6.45) is 7.56. The molecule has 6 heteroatoms. The standard InChI is InChI=1S/C15H13N3O2S/c19-15(20)13-9-21-14(18-13)12-6-4-10(8-17-12)3-5-11-2-1-7-16-11/h1-8,13,16H,9H2,(H,19,20)/b5-3+/t13-/m1/s1. The largest absolute Gasteiger partial charge is 0.480 e. The monoisotopic (exact) mass is 299 g/mol. The van der Waals surface area contributed by atoms with Crippen molar-refractivity contribution in [3.8, 4) is 0 Å². The molecule has 1 aliphatic rings. The maximum atomic E-state index is 10.9. The lowest BCUT2D eigenvalue weighted by Gasteiger charge is -1.99. The molecule has 0 radical (unpaired) electrons. The fraction of sp³-hybridized carbons (Fsp3) is 0.133. The van der Waals surface area contributed by atoms with Gasteiger partial charge in [0.2, 0.25) is 0 Å². The molecular formula is C15H13N3O2S. The average molecular weight is 299 g/mol. The number of carboxylic acids is 1. The summed E-state index contributed by atoms with van der Waals surface area (Å²) in [5.74, 6) is -0.413. The highest BCUT2D eigenvalue weighted by Gasteiger charge is 2.25. The third-order valence-electron chi connectivity index (χ3n) is 3.02. The molecule has 0 bridgehead atoms. The minimum atomic E-state index is -0.886. The topological polar surface area (TPSA) is 78.3 Å². The first-order valence-corrected chi connectivity index (χ1v) is 7.42. The van der Waals surface area contributed by atoms with Crippen molar-refractivity contribution in [2.24, 2.45) is 4.99 Å². The van der Waals surface area contributed by atoms with Crippen molar-refractivity contribution >= 4 is 34.9 Å². The molecule has 1 atom stereocenters. The minimum Gasteiger partial charge on any atom is -0.480 e. The van der Waals surface area contributed by atoms with Crippen LogP contribution < -0.4 is 0 Å². The maximum absolute atomic E-state index is 10.9. The van der Waals surface area contributed by atoms with Crippen LogP contribution in [0.3, 0.4) is 0 Å². The Bertz CT molecular complexity index is 690. The van der Waals surface area contributed by atoms with Crippen LogP contribution in [-0.4, -0.2) is 37.9 Å². The van der Waals surface area contributed by atoms with E-state index in [1.807, 2.05) is 42.6 Å². The molecule has 2 aromatic rings. The fourth-order valence-electron chi connectivity index (χ4n) is 1.90. The van der Waals surface area contributed by atoms with Gasteiger partial charge in [-0.15, -0.1) is 11.8 Å². The van der Waals surface area contributed by atoms with Gasteiger partial charge in [0, 0.05) is 23.8 Å². The normalized spacial score (nSPS) is 18.1. The molecule has 0 unspecified atom stereocenters. The number of H-pyrrole nitrogens is 1. The zero-order valence-electron chi connectivity index (χ0n) is 11.1. The van der Waals surface area contributed by atoms with Gasteiger partial charge in [0.15, 0.2) is 6.04 Å². The van der Waals surface area contributed by atoms with E-state index in [1.165, 1.54) is 11.8 Å². The molecule has 3 rings (SSSR count). The molecule has 0 amide bonds. The molecule has 0 saturated heterocycles. The highest BCUT2D eigenvalue weighted by atomic mass is 32.2. The smallest absolute Gasteiger partial charge is 0.329 e. The van der Waals surface area contributed by atoms with Crippen molar-refractivity contribution in [1.29, 1.82) is 0 Å². The molecule has 0 aliphatic carbocycles. The number of nitrogens with zero attached hydrogens (tertiary/aromatic N) is 2. The molecule has 5 nitrogen and oxygen atoms in total. The number of rotatable bonds is 4. The number of carboxylic acid groups (broad SMARTS) is 1. The van der Waals surface area contributed by atoms with Gasteiger partial charge in [-0.1, -0.05) is 12.1 Å².